The van der Waals surface area contributed by atoms with E-state index in [1.54, 1.807) is 6.07 Å². The number of aliphatic hydroxyl groups is 1. The van der Waals surface area contributed by atoms with Crippen molar-refractivity contribution in [2.45, 2.75) is 6.36 Å². The molecule has 2 rings (SSSR count). The molecule has 1 heterocycles. The molecule has 1 amide bonds. The number of hydrogen-bond acceptors (Lipinski definition) is 7. The van der Waals surface area contributed by atoms with Crippen molar-refractivity contribution in [2.75, 3.05) is 30.3 Å². The van der Waals surface area contributed by atoms with E-state index in [1.165, 1.54) is 18.3 Å². The molecule has 0 aliphatic heterocycles. The zero-order valence-corrected chi connectivity index (χ0v) is 15.7. The van der Waals surface area contributed by atoms with Crippen molar-refractivity contribution < 1.29 is 27.8 Å². The number of alkyl halides is 3. The van der Waals surface area contributed by atoms with Crippen LogP contribution in [0.1, 0.15) is 5.56 Å². The SMILES string of the molecule is C=CC(=O)NCC(=N)c1c(NCCO)ccnc1Nc1ccc(OC(F)(F)F)cc1. The summed E-state index contributed by atoms with van der Waals surface area (Å²) < 4.78 is 40.7. The Morgan fingerprint density at radius 3 is 2.57 bits per heavy atom. The fraction of sp³-hybridized carbons (Fsp3) is 0.211. The van der Waals surface area contributed by atoms with Crippen LogP contribution in [0.25, 0.3) is 0 Å². The van der Waals surface area contributed by atoms with Crippen LogP contribution in [0.3, 0.4) is 0 Å². The number of carbonyl (C=O) groups excluding carboxylic acids is 1. The maximum atomic E-state index is 12.3. The molecule has 0 saturated heterocycles. The van der Waals surface area contributed by atoms with Crippen LogP contribution in [0.2, 0.25) is 0 Å². The number of pyridine rings is 1. The number of carbonyl (C=O) groups is 1. The van der Waals surface area contributed by atoms with E-state index in [0.29, 0.717) is 16.9 Å². The van der Waals surface area contributed by atoms with E-state index < -0.39 is 12.3 Å². The zero-order valence-electron chi connectivity index (χ0n) is 15.7. The highest BCUT2D eigenvalue weighted by Gasteiger charge is 2.31. The first-order chi connectivity index (χ1) is 14.2. The molecule has 0 saturated carbocycles. The third kappa shape index (κ3) is 6.78. The summed E-state index contributed by atoms with van der Waals surface area (Å²) in [6.45, 7) is 3.30. The molecule has 8 nitrogen and oxygen atoms in total. The quantitative estimate of drug-likeness (QED) is 0.296. The van der Waals surface area contributed by atoms with Crippen molar-refractivity contribution in [3.05, 3.63) is 54.7 Å². The van der Waals surface area contributed by atoms with Crippen LogP contribution >= 0.6 is 0 Å². The van der Waals surface area contributed by atoms with Crippen molar-refractivity contribution in [2.24, 2.45) is 0 Å². The number of ether oxygens (including phenoxy) is 1. The normalized spacial score (nSPS) is 10.8. The Balaban J connectivity index is 2.28. The Morgan fingerprint density at radius 2 is 1.97 bits per heavy atom. The van der Waals surface area contributed by atoms with Crippen LogP contribution in [0.4, 0.5) is 30.4 Å². The number of anilines is 3. The molecule has 0 atom stereocenters. The van der Waals surface area contributed by atoms with E-state index in [9.17, 15) is 18.0 Å². The van der Waals surface area contributed by atoms with Crippen molar-refractivity contribution >= 4 is 28.8 Å². The Hall–Kier alpha value is -3.60. The standard InChI is InChI=1S/C19H20F3N5O3/c1-2-16(29)26-11-14(23)17-15(24-9-10-28)7-8-25-18(17)27-12-3-5-13(6-4-12)30-19(20,21)22/h2-8,23,28H,1,9-11H2,(H,26,29)(H2,24,25,27). The van der Waals surface area contributed by atoms with Gasteiger partial charge >= 0.3 is 6.36 Å². The van der Waals surface area contributed by atoms with Gasteiger partial charge < -0.3 is 31.2 Å². The second-order valence-electron chi connectivity index (χ2n) is 5.83. The van der Waals surface area contributed by atoms with Gasteiger partial charge in [-0.15, -0.1) is 13.2 Å². The highest BCUT2D eigenvalue weighted by atomic mass is 19.4. The molecule has 0 fully saturated rings. The van der Waals surface area contributed by atoms with E-state index in [0.717, 1.165) is 18.2 Å². The fourth-order valence-electron chi connectivity index (χ4n) is 2.41. The molecule has 0 aliphatic rings. The van der Waals surface area contributed by atoms with Gasteiger partial charge in [0.2, 0.25) is 5.91 Å². The lowest BCUT2D eigenvalue weighted by molar-refractivity contribution is -0.274. The second kappa shape index (κ2) is 10.3. The van der Waals surface area contributed by atoms with Gasteiger partial charge in [0.25, 0.3) is 0 Å². The number of hydrogen-bond donors (Lipinski definition) is 5. The molecular formula is C19H20F3N5O3. The first kappa shape index (κ1) is 22.7. The molecule has 11 heteroatoms. The molecule has 2 aromatic rings. The number of nitrogens with one attached hydrogen (secondary N) is 4. The Bertz CT molecular complexity index is 901. The van der Waals surface area contributed by atoms with Gasteiger partial charge in [-0.1, -0.05) is 6.58 Å². The van der Waals surface area contributed by atoms with Gasteiger partial charge in [-0.2, -0.15) is 0 Å². The molecule has 160 valence electrons. The number of nitrogens with zero attached hydrogens (tertiary/aromatic N) is 1. The maximum absolute atomic E-state index is 12.3. The number of aliphatic hydroxyl groups excluding tert-OH is 1. The summed E-state index contributed by atoms with van der Waals surface area (Å²) in [4.78, 5) is 15.6. The average molecular weight is 423 g/mol. The minimum atomic E-state index is -4.79. The van der Waals surface area contributed by atoms with Crippen molar-refractivity contribution in [3.63, 3.8) is 0 Å². The fourth-order valence-corrected chi connectivity index (χ4v) is 2.41. The largest absolute Gasteiger partial charge is 0.573 e. The third-order valence-electron chi connectivity index (χ3n) is 3.66. The zero-order chi connectivity index (χ0) is 22.1. The highest BCUT2D eigenvalue weighted by Crippen LogP contribution is 2.28. The van der Waals surface area contributed by atoms with Gasteiger partial charge in [0.05, 0.1) is 24.4 Å². The summed E-state index contributed by atoms with van der Waals surface area (Å²) in [6, 6.07) is 6.60. The lowest BCUT2D eigenvalue weighted by Crippen LogP contribution is -2.29. The summed E-state index contributed by atoms with van der Waals surface area (Å²) in [7, 11) is 0. The molecule has 1 aromatic heterocycles. The van der Waals surface area contributed by atoms with E-state index in [-0.39, 0.29) is 37.0 Å². The van der Waals surface area contributed by atoms with Crippen molar-refractivity contribution in [3.8, 4) is 5.75 Å². The smallest absolute Gasteiger partial charge is 0.406 e. The molecule has 0 bridgehead atoms. The minimum Gasteiger partial charge on any atom is -0.406 e. The van der Waals surface area contributed by atoms with Gasteiger partial charge in [-0.3, -0.25) is 4.79 Å². The van der Waals surface area contributed by atoms with Crippen LogP contribution in [-0.4, -0.2) is 47.8 Å². The lowest BCUT2D eigenvalue weighted by Gasteiger charge is -2.17. The first-order valence-electron chi connectivity index (χ1n) is 8.68. The third-order valence-corrected chi connectivity index (χ3v) is 3.66. The molecule has 0 spiro atoms. The molecule has 5 N–H and O–H groups in total. The van der Waals surface area contributed by atoms with Crippen LogP contribution in [-0.2, 0) is 4.79 Å². The molecular weight excluding hydrogens is 403 g/mol. The highest BCUT2D eigenvalue weighted by molar-refractivity contribution is 6.09. The summed E-state index contributed by atoms with van der Waals surface area (Å²) >= 11 is 0. The average Bonchev–Trinajstić information content (AvgIpc) is 2.70. The van der Waals surface area contributed by atoms with Gasteiger partial charge in [-0.05, 0) is 36.4 Å². The number of benzene rings is 1. The monoisotopic (exact) mass is 423 g/mol. The van der Waals surface area contributed by atoms with E-state index in [4.69, 9.17) is 10.5 Å². The molecule has 1 aromatic carbocycles. The Morgan fingerprint density at radius 1 is 1.27 bits per heavy atom. The van der Waals surface area contributed by atoms with E-state index in [1.807, 2.05) is 0 Å². The van der Waals surface area contributed by atoms with E-state index >= 15 is 0 Å². The molecule has 30 heavy (non-hydrogen) atoms. The predicted molar refractivity (Wildman–Crippen MR) is 106 cm³/mol. The van der Waals surface area contributed by atoms with Crippen LogP contribution in [0, 0.1) is 5.41 Å². The van der Waals surface area contributed by atoms with Gasteiger partial charge in [0, 0.05) is 24.1 Å². The van der Waals surface area contributed by atoms with E-state index in [2.05, 4.69) is 32.3 Å². The minimum absolute atomic E-state index is 0.0123. The summed E-state index contributed by atoms with van der Waals surface area (Å²) in [5, 5.41) is 25.8. The van der Waals surface area contributed by atoms with Crippen LogP contribution < -0.4 is 20.7 Å². The number of aromatic nitrogens is 1. The Labute approximate surface area is 170 Å². The van der Waals surface area contributed by atoms with Gasteiger partial charge in [0.15, 0.2) is 0 Å². The summed E-state index contributed by atoms with van der Waals surface area (Å²) in [6.07, 6.45) is -2.26. The number of rotatable bonds is 10. The molecule has 0 unspecified atom stereocenters. The van der Waals surface area contributed by atoms with Crippen LogP contribution in [0.15, 0.2) is 49.2 Å². The first-order valence-corrected chi connectivity index (χ1v) is 8.68. The van der Waals surface area contributed by atoms with Crippen LogP contribution in [0.5, 0.6) is 5.75 Å². The molecule has 0 radical (unpaired) electrons. The Kier molecular flexibility index (Phi) is 7.76. The summed E-state index contributed by atoms with van der Waals surface area (Å²) in [5.74, 6) is -0.594. The van der Waals surface area contributed by atoms with Gasteiger partial charge in [0.1, 0.15) is 11.6 Å². The second-order valence-corrected chi connectivity index (χ2v) is 5.83. The number of halogens is 3. The van der Waals surface area contributed by atoms with Gasteiger partial charge in [-0.25, -0.2) is 4.98 Å². The topological polar surface area (TPSA) is 119 Å². The summed E-state index contributed by atoms with van der Waals surface area (Å²) in [5.41, 5.74) is 1.22. The lowest BCUT2D eigenvalue weighted by atomic mass is 10.1. The van der Waals surface area contributed by atoms with Crippen molar-refractivity contribution in [1.29, 1.82) is 5.41 Å². The maximum Gasteiger partial charge on any atom is 0.573 e. The molecule has 0 aliphatic carbocycles. The predicted octanol–water partition coefficient (Wildman–Crippen LogP) is 2.80. The van der Waals surface area contributed by atoms with Crippen molar-refractivity contribution in [1.82, 2.24) is 10.3 Å². The number of amides is 1.